The minimum Gasteiger partial charge on any atom is -0.496 e. The Morgan fingerprint density at radius 3 is 2.60 bits per heavy atom. The van der Waals surface area contributed by atoms with Gasteiger partial charge in [0, 0.05) is 12.1 Å². The summed E-state index contributed by atoms with van der Waals surface area (Å²) in [6.07, 6.45) is -1.98. The quantitative estimate of drug-likeness (QED) is 0.672. The van der Waals surface area contributed by atoms with Gasteiger partial charge in [0.2, 0.25) is 0 Å². The number of nitrogens with two attached hydrogens (primary N) is 1. The first kappa shape index (κ1) is 12.0. The highest BCUT2D eigenvalue weighted by Crippen LogP contribution is 2.27. The van der Waals surface area contributed by atoms with Crippen molar-refractivity contribution in [3.05, 3.63) is 29.3 Å². The van der Waals surface area contributed by atoms with Crippen molar-refractivity contribution in [1.29, 1.82) is 0 Å². The number of aliphatic hydroxyl groups excluding tert-OH is 2. The van der Waals surface area contributed by atoms with Crippen molar-refractivity contribution in [2.45, 2.75) is 19.1 Å². The molecular weight excluding hydrogens is 194 g/mol. The Kier molecular flexibility index (Phi) is 4.08. The van der Waals surface area contributed by atoms with Gasteiger partial charge in [-0.25, -0.2) is 0 Å². The highest BCUT2D eigenvalue weighted by molar-refractivity contribution is 5.38. The lowest BCUT2D eigenvalue weighted by atomic mass is 10.0. The van der Waals surface area contributed by atoms with Crippen LogP contribution in [0.5, 0.6) is 5.75 Å². The van der Waals surface area contributed by atoms with E-state index in [4.69, 9.17) is 10.5 Å². The largest absolute Gasteiger partial charge is 0.496 e. The highest BCUT2D eigenvalue weighted by Gasteiger charge is 2.20. The van der Waals surface area contributed by atoms with Crippen LogP contribution in [-0.4, -0.2) is 30.0 Å². The molecule has 0 aliphatic carbocycles. The van der Waals surface area contributed by atoms with Crippen LogP contribution in [0.1, 0.15) is 17.2 Å². The molecule has 0 saturated heterocycles. The van der Waals surface area contributed by atoms with Crippen molar-refractivity contribution in [2.75, 3.05) is 13.7 Å². The van der Waals surface area contributed by atoms with E-state index in [0.29, 0.717) is 11.3 Å². The van der Waals surface area contributed by atoms with Gasteiger partial charge in [-0.1, -0.05) is 11.6 Å². The van der Waals surface area contributed by atoms with E-state index in [2.05, 4.69) is 0 Å². The summed E-state index contributed by atoms with van der Waals surface area (Å²) in [6, 6.07) is 5.42. The summed E-state index contributed by atoms with van der Waals surface area (Å²) < 4.78 is 5.10. The Labute approximate surface area is 89.3 Å². The van der Waals surface area contributed by atoms with Crippen LogP contribution in [-0.2, 0) is 0 Å². The average molecular weight is 211 g/mol. The third kappa shape index (κ3) is 2.68. The van der Waals surface area contributed by atoms with Crippen LogP contribution in [0.4, 0.5) is 0 Å². The molecule has 15 heavy (non-hydrogen) atoms. The van der Waals surface area contributed by atoms with Gasteiger partial charge in [-0.05, 0) is 19.1 Å². The summed E-state index contributed by atoms with van der Waals surface area (Å²) in [5.41, 5.74) is 6.85. The standard InChI is InChI=1S/C11H17NO3/c1-7-3-4-10(15-2)8(5-7)11(14)9(13)6-12/h3-5,9,11,13-14H,6,12H2,1-2H3. The van der Waals surface area contributed by atoms with Crippen molar-refractivity contribution in [1.82, 2.24) is 0 Å². The van der Waals surface area contributed by atoms with E-state index in [1.54, 1.807) is 12.1 Å². The molecule has 1 aromatic rings. The molecule has 2 atom stereocenters. The molecule has 1 aromatic carbocycles. The molecule has 0 fully saturated rings. The number of ether oxygens (including phenoxy) is 1. The van der Waals surface area contributed by atoms with Crippen molar-refractivity contribution in [3.63, 3.8) is 0 Å². The van der Waals surface area contributed by atoms with E-state index in [0.717, 1.165) is 5.56 Å². The third-order valence-electron chi connectivity index (χ3n) is 2.31. The van der Waals surface area contributed by atoms with E-state index in [1.165, 1.54) is 7.11 Å². The summed E-state index contributed by atoms with van der Waals surface area (Å²) in [5, 5.41) is 19.3. The van der Waals surface area contributed by atoms with Crippen LogP contribution in [0.25, 0.3) is 0 Å². The number of hydrogen-bond donors (Lipinski definition) is 3. The van der Waals surface area contributed by atoms with E-state index >= 15 is 0 Å². The van der Waals surface area contributed by atoms with Gasteiger partial charge in [0.25, 0.3) is 0 Å². The highest BCUT2D eigenvalue weighted by atomic mass is 16.5. The number of aryl methyl sites for hydroxylation is 1. The molecule has 4 nitrogen and oxygen atoms in total. The van der Waals surface area contributed by atoms with Crippen LogP contribution >= 0.6 is 0 Å². The van der Waals surface area contributed by atoms with Crippen LogP contribution in [0, 0.1) is 6.92 Å². The van der Waals surface area contributed by atoms with Gasteiger partial charge in [-0.15, -0.1) is 0 Å². The van der Waals surface area contributed by atoms with Crippen LogP contribution < -0.4 is 10.5 Å². The third-order valence-corrected chi connectivity index (χ3v) is 2.31. The lowest BCUT2D eigenvalue weighted by Gasteiger charge is -2.19. The van der Waals surface area contributed by atoms with E-state index in [9.17, 15) is 10.2 Å². The van der Waals surface area contributed by atoms with E-state index < -0.39 is 12.2 Å². The predicted molar refractivity (Wildman–Crippen MR) is 57.8 cm³/mol. The minimum atomic E-state index is -1.01. The summed E-state index contributed by atoms with van der Waals surface area (Å²) >= 11 is 0. The van der Waals surface area contributed by atoms with Gasteiger partial charge in [0.1, 0.15) is 11.9 Å². The van der Waals surface area contributed by atoms with E-state index in [1.807, 2.05) is 13.0 Å². The fraction of sp³-hybridized carbons (Fsp3) is 0.455. The summed E-state index contributed by atoms with van der Waals surface area (Å²) in [6.45, 7) is 1.92. The zero-order chi connectivity index (χ0) is 11.4. The van der Waals surface area contributed by atoms with Gasteiger partial charge in [-0.2, -0.15) is 0 Å². The van der Waals surface area contributed by atoms with Gasteiger partial charge < -0.3 is 20.7 Å². The van der Waals surface area contributed by atoms with Crippen LogP contribution in [0.15, 0.2) is 18.2 Å². The maximum Gasteiger partial charge on any atom is 0.124 e. The second kappa shape index (κ2) is 5.11. The van der Waals surface area contributed by atoms with Crippen LogP contribution in [0.3, 0.4) is 0 Å². The molecule has 4 N–H and O–H groups in total. The summed E-state index contributed by atoms with van der Waals surface area (Å²) in [4.78, 5) is 0. The average Bonchev–Trinajstić information content (AvgIpc) is 2.27. The molecule has 0 radical (unpaired) electrons. The molecule has 0 aliphatic rings. The fourth-order valence-electron chi connectivity index (χ4n) is 1.42. The first-order valence-corrected chi connectivity index (χ1v) is 4.81. The molecule has 0 saturated carbocycles. The molecular formula is C11H17NO3. The normalized spacial score (nSPS) is 14.7. The van der Waals surface area contributed by atoms with Crippen LogP contribution in [0.2, 0.25) is 0 Å². The molecule has 84 valence electrons. The minimum absolute atomic E-state index is 0.0122. The fourth-order valence-corrected chi connectivity index (χ4v) is 1.42. The van der Waals surface area contributed by atoms with Crippen molar-refractivity contribution < 1.29 is 14.9 Å². The number of benzene rings is 1. The zero-order valence-corrected chi connectivity index (χ0v) is 8.97. The topological polar surface area (TPSA) is 75.7 Å². The Morgan fingerprint density at radius 1 is 1.40 bits per heavy atom. The second-order valence-corrected chi connectivity index (χ2v) is 3.49. The number of hydrogen-bond acceptors (Lipinski definition) is 4. The van der Waals surface area contributed by atoms with Gasteiger partial charge in [0.15, 0.2) is 0 Å². The lowest BCUT2D eigenvalue weighted by Crippen LogP contribution is -2.27. The Morgan fingerprint density at radius 2 is 2.07 bits per heavy atom. The second-order valence-electron chi connectivity index (χ2n) is 3.49. The molecule has 4 heteroatoms. The Bertz CT molecular complexity index is 328. The molecule has 0 aromatic heterocycles. The number of methoxy groups -OCH3 is 1. The molecule has 0 spiro atoms. The smallest absolute Gasteiger partial charge is 0.124 e. The molecule has 1 rings (SSSR count). The maximum absolute atomic E-state index is 9.82. The number of rotatable bonds is 4. The SMILES string of the molecule is COc1ccc(C)cc1C(O)C(O)CN. The Hall–Kier alpha value is -1.10. The summed E-state index contributed by atoms with van der Waals surface area (Å²) in [7, 11) is 1.52. The molecule has 0 bridgehead atoms. The van der Waals surface area contributed by atoms with Gasteiger partial charge in [0.05, 0.1) is 13.2 Å². The Balaban J connectivity index is 3.05. The first-order chi connectivity index (χ1) is 7.10. The molecule has 0 heterocycles. The van der Waals surface area contributed by atoms with Gasteiger partial charge in [-0.3, -0.25) is 0 Å². The maximum atomic E-state index is 9.82. The van der Waals surface area contributed by atoms with Crippen molar-refractivity contribution >= 4 is 0 Å². The molecule has 2 unspecified atom stereocenters. The van der Waals surface area contributed by atoms with Gasteiger partial charge >= 0.3 is 0 Å². The van der Waals surface area contributed by atoms with E-state index in [-0.39, 0.29) is 6.54 Å². The molecule has 0 amide bonds. The van der Waals surface area contributed by atoms with Crippen molar-refractivity contribution in [3.8, 4) is 5.75 Å². The lowest BCUT2D eigenvalue weighted by molar-refractivity contribution is 0.0229. The monoisotopic (exact) mass is 211 g/mol. The molecule has 0 aliphatic heterocycles. The van der Waals surface area contributed by atoms with Crippen molar-refractivity contribution in [2.24, 2.45) is 5.73 Å². The zero-order valence-electron chi connectivity index (χ0n) is 8.97. The number of aliphatic hydroxyl groups is 2. The summed E-state index contributed by atoms with van der Waals surface area (Å²) in [5.74, 6) is 0.556. The first-order valence-electron chi connectivity index (χ1n) is 4.81. The predicted octanol–water partition coefficient (Wildman–Crippen LogP) is 0.357.